The molecule has 3 nitrogen and oxygen atoms in total. The molecule has 1 N–H and O–H groups in total. The molecule has 1 amide bonds. The topological polar surface area (TPSA) is 52.9 Å². The number of nitriles is 1. The van der Waals surface area contributed by atoms with Gasteiger partial charge in [0, 0.05) is 6.04 Å². The summed E-state index contributed by atoms with van der Waals surface area (Å²) < 4.78 is 0. The summed E-state index contributed by atoms with van der Waals surface area (Å²) in [5, 5.41) is 12.0. The van der Waals surface area contributed by atoms with Crippen molar-refractivity contribution in [2.75, 3.05) is 0 Å². The average molecular weight is 284 g/mol. The molecule has 2 atom stereocenters. The van der Waals surface area contributed by atoms with E-state index in [0.717, 1.165) is 12.0 Å². The molecular weight excluding hydrogens is 260 g/mol. The Morgan fingerprint density at radius 3 is 2.57 bits per heavy atom. The first-order chi connectivity index (χ1) is 10.1. The number of nitrogens with zero attached hydrogens (tertiary/aromatic N) is 1. The predicted molar refractivity (Wildman–Crippen MR) is 83.6 cm³/mol. The van der Waals surface area contributed by atoms with Gasteiger partial charge in [-0.15, -0.1) is 0 Å². The number of nitrogens with one attached hydrogen (secondary N) is 1. The van der Waals surface area contributed by atoms with Crippen molar-refractivity contribution >= 4 is 5.91 Å². The zero-order valence-corrected chi connectivity index (χ0v) is 12.9. The molecule has 112 valence electrons. The van der Waals surface area contributed by atoms with E-state index in [1.807, 2.05) is 12.1 Å². The predicted octanol–water partition coefficient (Wildman–Crippen LogP) is 3.43. The van der Waals surface area contributed by atoms with Crippen LogP contribution in [0.4, 0.5) is 0 Å². The van der Waals surface area contributed by atoms with Crippen LogP contribution in [0, 0.1) is 23.2 Å². The highest BCUT2D eigenvalue weighted by Gasteiger charge is 2.28. The van der Waals surface area contributed by atoms with Gasteiger partial charge in [0.05, 0.1) is 18.1 Å². The first kappa shape index (κ1) is 15.6. The first-order valence-electron chi connectivity index (χ1n) is 7.88. The van der Waals surface area contributed by atoms with Crippen LogP contribution in [0.25, 0.3) is 0 Å². The van der Waals surface area contributed by atoms with Gasteiger partial charge in [-0.2, -0.15) is 5.26 Å². The maximum absolute atomic E-state index is 12.2. The summed E-state index contributed by atoms with van der Waals surface area (Å²) >= 11 is 0. The fourth-order valence-electron chi connectivity index (χ4n) is 3.28. The Balaban J connectivity index is 1.92. The Morgan fingerprint density at radius 1 is 1.29 bits per heavy atom. The van der Waals surface area contributed by atoms with Crippen molar-refractivity contribution in [2.45, 2.75) is 52.0 Å². The van der Waals surface area contributed by atoms with Crippen LogP contribution in [0.1, 0.15) is 50.7 Å². The van der Waals surface area contributed by atoms with Gasteiger partial charge < -0.3 is 5.32 Å². The van der Waals surface area contributed by atoms with Crippen molar-refractivity contribution in [1.82, 2.24) is 5.32 Å². The Kier molecular flexibility index (Phi) is 5.38. The second-order valence-electron chi connectivity index (χ2n) is 6.35. The van der Waals surface area contributed by atoms with Crippen molar-refractivity contribution in [2.24, 2.45) is 11.8 Å². The van der Waals surface area contributed by atoms with Crippen LogP contribution < -0.4 is 5.32 Å². The van der Waals surface area contributed by atoms with E-state index in [0.29, 0.717) is 29.9 Å². The zero-order valence-electron chi connectivity index (χ0n) is 12.9. The highest BCUT2D eigenvalue weighted by atomic mass is 16.1. The molecule has 1 saturated carbocycles. The quantitative estimate of drug-likeness (QED) is 0.921. The lowest BCUT2D eigenvalue weighted by molar-refractivity contribution is -0.121. The third-order valence-electron chi connectivity index (χ3n) is 4.47. The van der Waals surface area contributed by atoms with E-state index in [9.17, 15) is 4.79 Å². The molecule has 0 bridgehead atoms. The number of carbonyl (C=O) groups is 1. The average Bonchev–Trinajstić information content (AvgIpc) is 2.48. The molecule has 1 aliphatic carbocycles. The van der Waals surface area contributed by atoms with Gasteiger partial charge in [-0.1, -0.05) is 38.8 Å². The van der Waals surface area contributed by atoms with Gasteiger partial charge in [-0.05, 0) is 42.4 Å². The molecule has 1 fully saturated rings. The normalized spacial score (nSPS) is 21.8. The fraction of sp³-hybridized carbons (Fsp3) is 0.556. The largest absolute Gasteiger partial charge is 0.353 e. The van der Waals surface area contributed by atoms with E-state index < -0.39 is 0 Å². The van der Waals surface area contributed by atoms with Gasteiger partial charge in [-0.3, -0.25) is 4.79 Å². The molecule has 0 aromatic heterocycles. The van der Waals surface area contributed by atoms with Gasteiger partial charge in [0.2, 0.25) is 5.91 Å². The highest BCUT2D eigenvalue weighted by molar-refractivity contribution is 5.78. The Hall–Kier alpha value is -1.82. The second kappa shape index (κ2) is 7.26. The van der Waals surface area contributed by atoms with Crippen molar-refractivity contribution in [3.63, 3.8) is 0 Å². The third-order valence-corrected chi connectivity index (χ3v) is 4.47. The molecule has 1 aromatic rings. The van der Waals surface area contributed by atoms with Crippen molar-refractivity contribution < 1.29 is 4.79 Å². The van der Waals surface area contributed by atoms with Crippen LogP contribution in [-0.4, -0.2) is 11.9 Å². The summed E-state index contributed by atoms with van der Waals surface area (Å²) in [4.78, 5) is 12.2. The fourth-order valence-corrected chi connectivity index (χ4v) is 3.28. The van der Waals surface area contributed by atoms with Crippen molar-refractivity contribution in [1.29, 1.82) is 5.26 Å². The van der Waals surface area contributed by atoms with Crippen LogP contribution in [0.3, 0.4) is 0 Å². The summed E-state index contributed by atoms with van der Waals surface area (Å²) in [5.74, 6) is 1.31. The number of benzene rings is 1. The molecule has 0 heterocycles. The van der Waals surface area contributed by atoms with Gasteiger partial charge in [0.25, 0.3) is 0 Å². The van der Waals surface area contributed by atoms with Gasteiger partial charge in [-0.25, -0.2) is 0 Å². The van der Waals surface area contributed by atoms with E-state index in [1.165, 1.54) is 19.3 Å². The SMILES string of the molecule is CC(C)C1CCCCC1NC(=O)Cc1ccc(C#N)cc1. The Labute approximate surface area is 127 Å². The highest BCUT2D eigenvalue weighted by Crippen LogP contribution is 2.30. The molecular formula is C18H24N2O. The third kappa shape index (κ3) is 4.32. The summed E-state index contributed by atoms with van der Waals surface area (Å²) in [6.07, 6.45) is 5.21. The minimum absolute atomic E-state index is 0.0947. The molecule has 1 aliphatic rings. The molecule has 0 saturated heterocycles. The zero-order chi connectivity index (χ0) is 15.2. The van der Waals surface area contributed by atoms with E-state index >= 15 is 0 Å². The van der Waals surface area contributed by atoms with E-state index in [1.54, 1.807) is 12.1 Å². The molecule has 0 spiro atoms. The standard InChI is InChI=1S/C18H24N2O/c1-13(2)16-5-3-4-6-17(16)20-18(21)11-14-7-9-15(12-19)10-8-14/h7-10,13,16-17H,3-6,11H2,1-2H3,(H,20,21). The number of rotatable bonds is 4. The summed E-state index contributed by atoms with van der Waals surface area (Å²) in [5.41, 5.74) is 1.59. The number of carbonyl (C=O) groups excluding carboxylic acids is 1. The van der Waals surface area contributed by atoms with Crippen molar-refractivity contribution in [3.8, 4) is 6.07 Å². The maximum atomic E-state index is 12.2. The molecule has 2 unspecified atom stereocenters. The molecule has 3 heteroatoms. The Bertz CT molecular complexity index is 513. The number of hydrogen-bond acceptors (Lipinski definition) is 2. The minimum Gasteiger partial charge on any atom is -0.353 e. The van der Waals surface area contributed by atoms with Crippen LogP contribution >= 0.6 is 0 Å². The van der Waals surface area contributed by atoms with Gasteiger partial charge in [0.15, 0.2) is 0 Å². The molecule has 2 rings (SSSR count). The van der Waals surface area contributed by atoms with E-state index in [2.05, 4.69) is 25.2 Å². The summed E-state index contributed by atoms with van der Waals surface area (Å²) in [6, 6.07) is 9.66. The van der Waals surface area contributed by atoms with Crippen LogP contribution in [0.2, 0.25) is 0 Å². The van der Waals surface area contributed by atoms with Crippen LogP contribution in [0.15, 0.2) is 24.3 Å². The summed E-state index contributed by atoms with van der Waals surface area (Å²) in [7, 11) is 0. The molecule has 21 heavy (non-hydrogen) atoms. The lowest BCUT2D eigenvalue weighted by atomic mass is 9.78. The first-order valence-corrected chi connectivity index (χ1v) is 7.88. The smallest absolute Gasteiger partial charge is 0.224 e. The minimum atomic E-state index is 0.0947. The van der Waals surface area contributed by atoms with E-state index in [-0.39, 0.29) is 5.91 Å². The molecule has 0 aliphatic heterocycles. The van der Waals surface area contributed by atoms with Crippen LogP contribution in [0.5, 0.6) is 0 Å². The monoisotopic (exact) mass is 284 g/mol. The lowest BCUT2D eigenvalue weighted by Gasteiger charge is -2.35. The van der Waals surface area contributed by atoms with Gasteiger partial charge >= 0.3 is 0 Å². The second-order valence-corrected chi connectivity index (χ2v) is 6.35. The van der Waals surface area contributed by atoms with Crippen LogP contribution in [-0.2, 0) is 11.2 Å². The molecule has 0 radical (unpaired) electrons. The lowest BCUT2D eigenvalue weighted by Crippen LogP contribution is -2.44. The number of hydrogen-bond donors (Lipinski definition) is 1. The number of amides is 1. The van der Waals surface area contributed by atoms with Gasteiger partial charge in [0.1, 0.15) is 0 Å². The van der Waals surface area contributed by atoms with E-state index in [4.69, 9.17) is 5.26 Å². The molecule has 1 aromatic carbocycles. The van der Waals surface area contributed by atoms with Crippen molar-refractivity contribution in [3.05, 3.63) is 35.4 Å². The maximum Gasteiger partial charge on any atom is 0.224 e. The summed E-state index contributed by atoms with van der Waals surface area (Å²) in [6.45, 7) is 4.49. The Morgan fingerprint density at radius 2 is 1.95 bits per heavy atom.